The smallest absolute Gasteiger partial charge is 0.245 e. The van der Waals surface area contributed by atoms with Crippen molar-refractivity contribution in [3.8, 4) is 17.2 Å². The van der Waals surface area contributed by atoms with Crippen molar-refractivity contribution in [2.45, 2.75) is 38.2 Å². The van der Waals surface area contributed by atoms with Gasteiger partial charge in [0.05, 0.1) is 13.2 Å². The van der Waals surface area contributed by atoms with Crippen LogP contribution in [0.15, 0.2) is 47.5 Å². The molecule has 1 fully saturated rings. The number of hydrogen-bond donors (Lipinski definition) is 3. The highest BCUT2D eigenvalue weighted by molar-refractivity contribution is 5.96. The quantitative estimate of drug-likeness (QED) is 0.262. The van der Waals surface area contributed by atoms with Crippen LogP contribution in [0, 0.1) is 5.92 Å². The number of Topliss-reactive ketones (excluding diaryl/α,β-unsaturated/α-hetero) is 1. The first-order valence-electron chi connectivity index (χ1n) is 11.5. The van der Waals surface area contributed by atoms with Crippen molar-refractivity contribution < 1.29 is 29.6 Å². The van der Waals surface area contributed by atoms with E-state index in [-0.39, 0.29) is 36.0 Å². The molecule has 8 heteroatoms. The highest BCUT2D eigenvalue weighted by Gasteiger charge is 2.25. The maximum absolute atomic E-state index is 12.4. The minimum absolute atomic E-state index is 0.0473. The van der Waals surface area contributed by atoms with E-state index in [1.54, 1.807) is 31.4 Å². The monoisotopic (exact) mass is 468 g/mol. The van der Waals surface area contributed by atoms with Crippen LogP contribution in [0.2, 0.25) is 0 Å². The molecule has 0 bridgehead atoms. The van der Waals surface area contributed by atoms with Gasteiger partial charge in [-0.25, -0.2) is 4.99 Å². The Kier molecular flexibility index (Phi) is 9.18. The summed E-state index contributed by atoms with van der Waals surface area (Å²) in [6.45, 7) is 2.36. The topological polar surface area (TPSA) is 120 Å². The Morgan fingerprint density at radius 1 is 1.06 bits per heavy atom. The first kappa shape index (κ1) is 25.4. The van der Waals surface area contributed by atoms with Crippen LogP contribution >= 0.6 is 0 Å². The summed E-state index contributed by atoms with van der Waals surface area (Å²) in [5, 5.41) is 30.2. The Hall–Kier alpha value is -3.23. The lowest BCUT2D eigenvalue weighted by molar-refractivity contribution is -0.117. The average Bonchev–Trinajstić information content (AvgIpc) is 3.36. The van der Waals surface area contributed by atoms with E-state index in [0.717, 1.165) is 25.9 Å². The van der Waals surface area contributed by atoms with Gasteiger partial charge >= 0.3 is 0 Å². The van der Waals surface area contributed by atoms with Crippen LogP contribution in [0.4, 0.5) is 0 Å². The van der Waals surface area contributed by atoms with Crippen molar-refractivity contribution >= 4 is 17.9 Å². The summed E-state index contributed by atoms with van der Waals surface area (Å²) in [4.78, 5) is 30.9. The minimum atomic E-state index is -1.000. The summed E-state index contributed by atoms with van der Waals surface area (Å²) >= 11 is 0. The van der Waals surface area contributed by atoms with E-state index in [9.17, 15) is 24.9 Å². The number of aromatic hydroxyl groups is 2. The molecule has 0 saturated carbocycles. The van der Waals surface area contributed by atoms with Crippen LogP contribution in [0.25, 0.3) is 0 Å². The number of aliphatic hydroxyl groups is 1. The second-order valence-corrected chi connectivity index (χ2v) is 8.54. The number of likely N-dealkylation sites (tertiary alicyclic amines) is 1. The lowest BCUT2D eigenvalue weighted by atomic mass is 9.95. The first-order chi connectivity index (χ1) is 16.4. The number of ether oxygens (including phenoxy) is 1. The van der Waals surface area contributed by atoms with Crippen molar-refractivity contribution in [2.75, 3.05) is 26.7 Å². The third-order valence-corrected chi connectivity index (χ3v) is 6.03. The largest absolute Gasteiger partial charge is 0.504 e. The highest BCUT2D eigenvalue weighted by atomic mass is 16.5. The summed E-state index contributed by atoms with van der Waals surface area (Å²) in [5.41, 5.74) is 1.01. The van der Waals surface area contributed by atoms with Crippen molar-refractivity contribution in [3.05, 3.63) is 53.6 Å². The predicted octanol–water partition coefficient (Wildman–Crippen LogP) is 3.50. The van der Waals surface area contributed by atoms with Crippen LogP contribution in [0.3, 0.4) is 0 Å². The molecule has 8 nitrogen and oxygen atoms in total. The number of carbonyl (C=O) groups is 2. The summed E-state index contributed by atoms with van der Waals surface area (Å²) in [6, 6.07) is 11.0. The molecule has 1 aliphatic rings. The van der Waals surface area contributed by atoms with E-state index in [4.69, 9.17) is 4.74 Å². The van der Waals surface area contributed by atoms with Crippen LogP contribution in [-0.4, -0.2) is 64.9 Å². The molecule has 182 valence electrons. The summed E-state index contributed by atoms with van der Waals surface area (Å²) < 4.78 is 5.09. The lowest BCUT2D eigenvalue weighted by Gasteiger charge is -2.25. The molecule has 3 rings (SSSR count). The molecule has 0 spiro atoms. The number of phenols is 2. The minimum Gasteiger partial charge on any atom is -0.504 e. The van der Waals surface area contributed by atoms with Crippen LogP contribution in [0.5, 0.6) is 17.2 Å². The summed E-state index contributed by atoms with van der Waals surface area (Å²) in [6.07, 6.45) is 3.39. The number of rotatable bonds is 11. The molecule has 0 aliphatic carbocycles. The molecule has 0 aromatic heterocycles. The molecular formula is C26H32N2O6. The van der Waals surface area contributed by atoms with Gasteiger partial charge in [-0.05, 0) is 74.3 Å². The zero-order valence-corrected chi connectivity index (χ0v) is 19.4. The second-order valence-electron chi connectivity index (χ2n) is 8.54. The SMILES string of the molecule is COc1ccc(C(=O)CCCC(=O)N=CC(CN2CCCC2)[C@H](O)c2ccc(O)c(O)c2)cc1. The van der Waals surface area contributed by atoms with Gasteiger partial charge in [0.15, 0.2) is 17.3 Å². The Morgan fingerprint density at radius 2 is 1.76 bits per heavy atom. The van der Waals surface area contributed by atoms with Crippen molar-refractivity contribution in [2.24, 2.45) is 10.9 Å². The normalized spacial score (nSPS) is 15.9. The first-order valence-corrected chi connectivity index (χ1v) is 11.5. The molecular weight excluding hydrogens is 436 g/mol. The van der Waals surface area contributed by atoms with Crippen LogP contribution < -0.4 is 4.74 Å². The number of ketones is 1. The van der Waals surface area contributed by atoms with Gasteiger partial charge in [0.25, 0.3) is 0 Å². The van der Waals surface area contributed by atoms with E-state index >= 15 is 0 Å². The predicted molar refractivity (Wildman–Crippen MR) is 129 cm³/mol. The maximum Gasteiger partial charge on any atom is 0.245 e. The van der Waals surface area contributed by atoms with Gasteiger partial charge in [-0.3, -0.25) is 9.59 Å². The molecule has 0 radical (unpaired) electrons. The fourth-order valence-corrected chi connectivity index (χ4v) is 4.03. The van der Waals surface area contributed by atoms with Crippen molar-refractivity contribution in [1.29, 1.82) is 0 Å². The second kappa shape index (κ2) is 12.3. The zero-order valence-electron chi connectivity index (χ0n) is 19.4. The highest BCUT2D eigenvalue weighted by Crippen LogP contribution is 2.31. The molecule has 1 amide bonds. The molecule has 1 aliphatic heterocycles. The van der Waals surface area contributed by atoms with E-state index in [1.807, 2.05) is 0 Å². The number of nitrogens with zero attached hydrogens (tertiary/aromatic N) is 2. The van der Waals surface area contributed by atoms with E-state index in [2.05, 4.69) is 9.89 Å². The van der Waals surface area contributed by atoms with Crippen LogP contribution in [-0.2, 0) is 4.79 Å². The molecule has 1 unspecified atom stereocenters. The number of methoxy groups -OCH3 is 1. The van der Waals surface area contributed by atoms with Gasteiger partial charge < -0.3 is 25.0 Å². The third kappa shape index (κ3) is 7.13. The number of amides is 1. The fraction of sp³-hybridized carbons (Fsp3) is 0.423. The number of aliphatic hydroxyl groups excluding tert-OH is 1. The Bertz CT molecular complexity index is 999. The Balaban J connectivity index is 1.57. The van der Waals surface area contributed by atoms with Gasteiger partial charge in [0.1, 0.15) is 5.75 Å². The van der Waals surface area contributed by atoms with Gasteiger partial charge in [0.2, 0.25) is 5.91 Å². The number of benzene rings is 2. The lowest BCUT2D eigenvalue weighted by Crippen LogP contribution is -2.31. The molecule has 2 aromatic carbocycles. The molecule has 2 aromatic rings. The molecule has 2 atom stereocenters. The molecule has 34 heavy (non-hydrogen) atoms. The van der Waals surface area contributed by atoms with Crippen LogP contribution in [0.1, 0.15) is 54.1 Å². The standard InChI is InChI=1S/C26H32N2O6/c1-34-21-10-7-18(8-11-21)22(29)5-4-6-25(32)27-16-20(17-28-13-2-3-14-28)26(33)19-9-12-23(30)24(31)15-19/h7-12,15-16,20,26,30-31,33H,2-6,13-14,17H2,1H3/t20?,26-/m1/s1. The average molecular weight is 469 g/mol. The Morgan fingerprint density at radius 3 is 2.41 bits per heavy atom. The Labute approximate surface area is 199 Å². The molecule has 1 heterocycles. The van der Waals surface area contributed by atoms with E-state index in [0.29, 0.717) is 29.8 Å². The zero-order chi connectivity index (χ0) is 24.5. The molecule has 1 saturated heterocycles. The number of phenolic OH excluding ortho intramolecular Hbond substituents is 2. The van der Waals surface area contributed by atoms with E-state index in [1.165, 1.54) is 24.4 Å². The molecule has 3 N–H and O–H groups in total. The van der Waals surface area contributed by atoms with Gasteiger partial charge in [-0.15, -0.1) is 0 Å². The fourth-order valence-electron chi connectivity index (χ4n) is 4.03. The van der Waals surface area contributed by atoms with Gasteiger partial charge in [-0.2, -0.15) is 0 Å². The summed E-state index contributed by atoms with van der Waals surface area (Å²) in [5.74, 6) is -0.768. The van der Waals surface area contributed by atoms with E-state index < -0.39 is 12.0 Å². The van der Waals surface area contributed by atoms with Crippen molar-refractivity contribution in [1.82, 2.24) is 4.90 Å². The maximum atomic E-state index is 12.4. The number of aliphatic imine (C=N–C) groups is 1. The number of hydrogen-bond acceptors (Lipinski definition) is 7. The van der Waals surface area contributed by atoms with Crippen molar-refractivity contribution in [3.63, 3.8) is 0 Å². The summed E-state index contributed by atoms with van der Waals surface area (Å²) in [7, 11) is 1.56. The van der Waals surface area contributed by atoms with Gasteiger partial charge in [0, 0.05) is 37.1 Å². The third-order valence-electron chi connectivity index (χ3n) is 6.03. The number of carbonyl (C=O) groups excluding carboxylic acids is 2. The van der Waals surface area contributed by atoms with Gasteiger partial charge in [-0.1, -0.05) is 6.07 Å².